The molecule has 3 N–H and O–H groups in total. The summed E-state index contributed by atoms with van der Waals surface area (Å²) in [5, 5.41) is 12.7. The summed E-state index contributed by atoms with van der Waals surface area (Å²) < 4.78 is 5.59. The van der Waals surface area contributed by atoms with Gasteiger partial charge in [0.1, 0.15) is 5.75 Å². The number of aliphatic imine (C=N–C) groups is 1. The molecule has 7 nitrogen and oxygen atoms in total. The van der Waals surface area contributed by atoms with Gasteiger partial charge in [-0.1, -0.05) is 12.1 Å². The average molecular weight is 529 g/mol. The van der Waals surface area contributed by atoms with Crippen molar-refractivity contribution in [3.8, 4) is 5.75 Å². The van der Waals surface area contributed by atoms with E-state index in [-0.39, 0.29) is 36.5 Å². The summed E-state index contributed by atoms with van der Waals surface area (Å²) in [7, 11) is 1.75. The van der Waals surface area contributed by atoms with Crippen molar-refractivity contribution >= 4 is 47.2 Å². The van der Waals surface area contributed by atoms with Crippen LogP contribution in [0.1, 0.15) is 29.1 Å². The molecule has 1 aliphatic carbocycles. The number of hydrogen-bond donors (Lipinski definition) is 3. The second-order valence-electron chi connectivity index (χ2n) is 6.74. The van der Waals surface area contributed by atoms with Crippen molar-refractivity contribution in [3.63, 3.8) is 0 Å². The molecular formula is C20H28IN5O2S. The number of rotatable bonds is 9. The first kappa shape index (κ1) is 23.4. The van der Waals surface area contributed by atoms with Gasteiger partial charge in [-0.15, -0.1) is 35.3 Å². The predicted molar refractivity (Wildman–Crippen MR) is 127 cm³/mol. The normalized spacial score (nSPS) is 13.4. The Hall–Kier alpha value is -1.88. The minimum absolute atomic E-state index is 0. The van der Waals surface area contributed by atoms with Crippen LogP contribution >= 0.6 is 35.3 Å². The molecule has 29 heavy (non-hydrogen) atoms. The number of nitrogens with zero attached hydrogens (tertiary/aromatic N) is 2. The second kappa shape index (κ2) is 12.0. The van der Waals surface area contributed by atoms with Gasteiger partial charge in [0.05, 0.1) is 10.7 Å². The number of halogens is 1. The fourth-order valence-electron chi connectivity index (χ4n) is 2.63. The lowest BCUT2D eigenvalue weighted by Crippen LogP contribution is -2.37. The number of hydrogen-bond acceptors (Lipinski definition) is 5. The van der Waals surface area contributed by atoms with Crippen molar-refractivity contribution in [1.82, 2.24) is 20.9 Å². The van der Waals surface area contributed by atoms with Crippen molar-refractivity contribution in [1.29, 1.82) is 0 Å². The lowest BCUT2D eigenvalue weighted by Gasteiger charge is -2.12. The topological polar surface area (TPSA) is 87.6 Å². The van der Waals surface area contributed by atoms with E-state index in [1.54, 1.807) is 18.4 Å². The molecule has 1 aliphatic rings. The van der Waals surface area contributed by atoms with Crippen LogP contribution in [-0.4, -0.2) is 43.1 Å². The number of carbonyl (C=O) groups excluding carboxylic acids is 1. The molecule has 1 aromatic carbocycles. The average Bonchev–Trinajstić information content (AvgIpc) is 3.41. The Morgan fingerprint density at radius 1 is 1.34 bits per heavy atom. The third kappa shape index (κ3) is 8.57. The third-order valence-corrected chi connectivity index (χ3v) is 5.06. The fourth-order valence-corrected chi connectivity index (χ4v) is 3.28. The second-order valence-corrected chi connectivity index (χ2v) is 7.80. The summed E-state index contributed by atoms with van der Waals surface area (Å²) in [6, 6.07) is 8.08. The Labute approximate surface area is 192 Å². The van der Waals surface area contributed by atoms with Gasteiger partial charge in [0.15, 0.2) is 12.6 Å². The largest absolute Gasteiger partial charge is 0.484 e. The van der Waals surface area contributed by atoms with Crippen LogP contribution in [0.3, 0.4) is 0 Å². The maximum Gasteiger partial charge on any atom is 0.258 e. The van der Waals surface area contributed by atoms with Crippen molar-refractivity contribution < 1.29 is 9.53 Å². The molecule has 0 radical (unpaired) electrons. The van der Waals surface area contributed by atoms with E-state index in [2.05, 4.69) is 31.3 Å². The van der Waals surface area contributed by atoms with Gasteiger partial charge in [-0.3, -0.25) is 9.79 Å². The molecule has 0 saturated heterocycles. The van der Waals surface area contributed by atoms with Gasteiger partial charge >= 0.3 is 0 Å². The number of nitrogens with one attached hydrogen (secondary N) is 3. The van der Waals surface area contributed by atoms with E-state index in [0.717, 1.165) is 48.0 Å². The lowest BCUT2D eigenvalue weighted by atomic mass is 10.2. The highest BCUT2D eigenvalue weighted by atomic mass is 127. The first-order valence-corrected chi connectivity index (χ1v) is 10.4. The molecule has 0 unspecified atom stereocenters. The van der Waals surface area contributed by atoms with Gasteiger partial charge in [-0.05, 0) is 37.5 Å². The van der Waals surface area contributed by atoms with Gasteiger partial charge in [-0.25, -0.2) is 4.98 Å². The summed E-state index contributed by atoms with van der Waals surface area (Å²) in [4.78, 5) is 20.4. The Morgan fingerprint density at radius 3 is 2.86 bits per heavy atom. The summed E-state index contributed by atoms with van der Waals surface area (Å²) in [6.45, 7) is 3.44. The monoisotopic (exact) mass is 529 g/mol. The Bertz CT molecular complexity index is 823. The number of benzene rings is 1. The molecule has 9 heteroatoms. The van der Waals surface area contributed by atoms with E-state index < -0.39 is 0 Å². The molecule has 1 saturated carbocycles. The number of thiazole rings is 1. The van der Waals surface area contributed by atoms with Crippen LogP contribution in [0.15, 0.2) is 34.6 Å². The van der Waals surface area contributed by atoms with Gasteiger partial charge in [-0.2, -0.15) is 0 Å². The first-order chi connectivity index (χ1) is 13.6. The fraction of sp³-hybridized carbons (Fsp3) is 0.450. The highest BCUT2D eigenvalue weighted by Crippen LogP contribution is 2.18. The van der Waals surface area contributed by atoms with Crippen LogP contribution in [0.5, 0.6) is 5.75 Å². The van der Waals surface area contributed by atoms with Crippen LogP contribution in [-0.2, 0) is 17.8 Å². The Kier molecular flexibility index (Phi) is 9.65. The standard InChI is InChI=1S/C20H27N5O2S.HI/c1-14-24-17(13-28-14)8-9-22-20(21-2)23-11-15-4-3-5-18(10-15)27-12-19(26)25-16-6-7-16;/h3-5,10,13,16H,6-9,11-12H2,1-2H3,(H,25,26)(H2,21,22,23);1H. The summed E-state index contributed by atoms with van der Waals surface area (Å²) >= 11 is 1.67. The number of guanidine groups is 1. The number of ether oxygens (including phenoxy) is 1. The van der Waals surface area contributed by atoms with E-state index in [9.17, 15) is 4.79 Å². The zero-order valence-corrected chi connectivity index (χ0v) is 19.9. The highest BCUT2D eigenvalue weighted by molar-refractivity contribution is 14.0. The molecule has 0 aliphatic heterocycles. The van der Waals surface area contributed by atoms with Crippen LogP contribution < -0.4 is 20.7 Å². The molecule has 158 valence electrons. The Morgan fingerprint density at radius 2 is 2.17 bits per heavy atom. The first-order valence-electron chi connectivity index (χ1n) is 9.49. The number of aromatic nitrogens is 1. The lowest BCUT2D eigenvalue weighted by molar-refractivity contribution is -0.123. The maximum atomic E-state index is 11.7. The third-order valence-electron chi connectivity index (χ3n) is 4.23. The summed E-state index contributed by atoms with van der Waals surface area (Å²) in [5.74, 6) is 1.36. The van der Waals surface area contributed by atoms with Crippen LogP contribution in [0.4, 0.5) is 0 Å². The zero-order chi connectivity index (χ0) is 19.8. The molecule has 1 heterocycles. The molecule has 1 fully saturated rings. The SMILES string of the molecule is CN=C(NCCc1csc(C)n1)NCc1cccc(OCC(=O)NC2CC2)c1.I. The van der Waals surface area contributed by atoms with E-state index in [1.807, 2.05) is 31.2 Å². The minimum atomic E-state index is -0.0639. The predicted octanol–water partition coefficient (Wildman–Crippen LogP) is 2.63. The number of carbonyl (C=O) groups is 1. The van der Waals surface area contributed by atoms with Crippen LogP contribution in [0.25, 0.3) is 0 Å². The van der Waals surface area contributed by atoms with Crippen molar-refractivity contribution in [2.75, 3.05) is 20.2 Å². The van der Waals surface area contributed by atoms with Gasteiger partial charge in [0.2, 0.25) is 0 Å². The van der Waals surface area contributed by atoms with Gasteiger partial charge < -0.3 is 20.7 Å². The molecule has 1 aromatic heterocycles. The van der Waals surface area contributed by atoms with E-state index in [0.29, 0.717) is 18.3 Å². The molecule has 0 spiro atoms. The number of amides is 1. The van der Waals surface area contributed by atoms with E-state index >= 15 is 0 Å². The smallest absolute Gasteiger partial charge is 0.258 e. The van der Waals surface area contributed by atoms with E-state index in [4.69, 9.17) is 4.74 Å². The van der Waals surface area contributed by atoms with E-state index in [1.165, 1.54) is 0 Å². The summed E-state index contributed by atoms with van der Waals surface area (Å²) in [5.41, 5.74) is 2.15. The molecular weight excluding hydrogens is 501 g/mol. The minimum Gasteiger partial charge on any atom is -0.484 e. The maximum absolute atomic E-state index is 11.7. The van der Waals surface area contributed by atoms with Crippen molar-refractivity contribution in [3.05, 3.63) is 45.9 Å². The molecule has 1 amide bonds. The summed E-state index contributed by atoms with van der Waals surface area (Å²) in [6.07, 6.45) is 3.01. The molecule has 2 aromatic rings. The molecule has 0 bridgehead atoms. The quantitative estimate of drug-likeness (QED) is 0.264. The molecule has 3 rings (SSSR count). The van der Waals surface area contributed by atoms with Crippen LogP contribution in [0.2, 0.25) is 0 Å². The van der Waals surface area contributed by atoms with Gasteiger partial charge in [0.25, 0.3) is 5.91 Å². The van der Waals surface area contributed by atoms with Gasteiger partial charge in [0, 0.05) is 38.0 Å². The zero-order valence-electron chi connectivity index (χ0n) is 16.7. The Balaban J connectivity index is 0.00000300. The van der Waals surface area contributed by atoms with Crippen molar-refractivity contribution in [2.45, 2.75) is 38.8 Å². The molecule has 0 atom stereocenters. The highest BCUT2D eigenvalue weighted by Gasteiger charge is 2.23. The van der Waals surface area contributed by atoms with Crippen LogP contribution in [0, 0.1) is 6.92 Å². The van der Waals surface area contributed by atoms with Crippen molar-refractivity contribution in [2.24, 2.45) is 4.99 Å². The number of aryl methyl sites for hydroxylation is 1.